The fraction of sp³-hybridized carbons (Fsp3) is 0.310. The van der Waals surface area contributed by atoms with Gasteiger partial charge in [0.25, 0.3) is 0 Å². The second-order valence-electron chi connectivity index (χ2n) is 8.80. The molecule has 0 amide bonds. The van der Waals surface area contributed by atoms with Crippen molar-refractivity contribution in [2.24, 2.45) is 0 Å². The minimum atomic E-state index is 0. The van der Waals surface area contributed by atoms with Crippen LogP contribution in [0.4, 0.5) is 0 Å². The molecule has 3 aromatic rings. The number of ether oxygens (including phenoxy) is 3. The zero-order chi connectivity index (χ0) is 23.3. The molecule has 0 radical (unpaired) electrons. The number of nitrogens with zero attached hydrogens (tertiary/aromatic N) is 1. The monoisotopic (exact) mass is 493 g/mol. The minimum Gasteiger partial charge on any atom is -0.507 e. The normalized spacial score (nSPS) is 15.6. The Morgan fingerprint density at radius 1 is 0.886 bits per heavy atom. The van der Waals surface area contributed by atoms with Crippen molar-refractivity contribution in [1.82, 2.24) is 4.90 Å². The molecule has 0 aromatic heterocycles. The van der Waals surface area contributed by atoms with Gasteiger partial charge in [0, 0.05) is 29.8 Å². The molecule has 0 aliphatic carbocycles. The molecule has 2 aliphatic heterocycles. The third-order valence-corrected chi connectivity index (χ3v) is 6.60. The van der Waals surface area contributed by atoms with Crippen molar-refractivity contribution in [3.8, 4) is 23.0 Å². The van der Waals surface area contributed by atoms with Crippen LogP contribution in [0.2, 0.25) is 0 Å². The van der Waals surface area contributed by atoms with Gasteiger partial charge < -0.3 is 19.3 Å². The first-order valence-electron chi connectivity index (χ1n) is 12.0. The number of aromatic hydroxyl groups is 1. The van der Waals surface area contributed by atoms with Gasteiger partial charge in [0.2, 0.25) is 0 Å². The molecule has 0 spiro atoms. The Morgan fingerprint density at radius 3 is 2.34 bits per heavy atom. The summed E-state index contributed by atoms with van der Waals surface area (Å²) in [5.74, 6) is 2.18. The largest absolute Gasteiger partial charge is 0.507 e. The van der Waals surface area contributed by atoms with E-state index in [-0.39, 0.29) is 18.2 Å². The molecule has 0 atom stereocenters. The number of rotatable bonds is 7. The summed E-state index contributed by atoms with van der Waals surface area (Å²) in [5, 5.41) is 10.9. The topological polar surface area (TPSA) is 51.2 Å². The molecule has 5 rings (SSSR count). The standard InChI is InChI=1S/C29H31NO4.ClH/c1-32-24-18-26(31)29-27(19-24)34-20-25(21-8-4-2-5-9-21)28(29)22-10-12-23(13-11-22)33-17-16-30-14-6-3-7-15-30;/h2,4-5,8-13,18-19,31H,3,6-7,14-17,20H2,1H3;1H. The van der Waals surface area contributed by atoms with Gasteiger partial charge in [0.15, 0.2) is 0 Å². The van der Waals surface area contributed by atoms with Gasteiger partial charge in [-0.3, -0.25) is 4.90 Å². The molecule has 2 heterocycles. The van der Waals surface area contributed by atoms with Crippen molar-refractivity contribution in [3.05, 3.63) is 83.4 Å². The van der Waals surface area contributed by atoms with E-state index < -0.39 is 0 Å². The Balaban J connectivity index is 0.00000289. The molecule has 3 aromatic carbocycles. The Kier molecular flexibility index (Phi) is 8.21. The lowest BCUT2D eigenvalue weighted by Crippen LogP contribution is -2.33. The molecule has 2 aliphatic rings. The first-order valence-corrected chi connectivity index (χ1v) is 12.0. The number of benzene rings is 3. The van der Waals surface area contributed by atoms with Gasteiger partial charge in [-0.1, -0.05) is 48.9 Å². The van der Waals surface area contributed by atoms with Crippen molar-refractivity contribution in [3.63, 3.8) is 0 Å². The number of hydrogen-bond acceptors (Lipinski definition) is 5. The van der Waals surface area contributed by atoms with Crippen LogP contribution < -0.4 is 14.2 Å². The smallest absolute Gasteiger partial charge is 0.135 e. The molecule has 1 saturated heterocycles. The van der Waals surface area contributed by atoms with E-state index in [0.29, 0.717) is 30.3 Å². The van der Waals surface area contributed by atoms with E-state index >= 15 is 0 Å². The number of likely N-dealkylation sites (tertiary alicyclic amines) is 1. The summed E-state index contributed by atoms with van der Waals surface area (Å²) in [6.07, 6.45) is 3.92. The summed E-state index contributed by atoms with van der Waals surface area (Å²) >= 11 is 0. The van der Waals surface area contributed by atoms with Crippen molar-refractivity contribution in [1.29, 1.82) is 0 Å². The number of halogens is 1. The number of methoxy groups -OCH3 is 1. The Hall–Kier alpha value is -3.15. The maximum Gasteiger partial charge on any atom is 0.135 e. The van der Waals surface area contributed by atoms with Crippen LogP contribution in [0.25, 0.3) is 11.1 Å². The average Bonchev–Trinajstić information content (AvgIpc) is 2.89. The van der Waals surface area contributed by atoms with Gasteiger partial charge in [-0.2, -0.15) is 0 Å². The minimum absolute atomic E-state index is 0. The van der Waals surface area contributed by atoms with Gasteiger partial charge in [-0.05, 0) is 49.2 Å². The molecule has 0 saturated carbocycles. The van der Waals surface area contributed by atoms with Crippen LogP contribution in [-0.4, -0.2) is 50.0 Å². The molecule has 0 unspecified atom stereocenters. The van der Waals surface area contributed by atoms with Gasteiger partial charge in [-0.25, -0.2) is 0 Å². The van der Waals surface area contributed by atoms with Gasteiger partial charge in [0.05, 0.1) is 12.7 Å². The number of phenols is 1. The zero-order valence-electron chi connectivity index (χ0n) is 20.0. The highest BCUT2D eigenvalue weighted by Gasteiger charge is 2.26. The maximum atomic E-state index is 10.9. The SMILES string of the molecule is COc1cc(O)c2c(c1)OCC(c1ccccc1)=C2c1ccc(OCCN2CCCCC2)cc1.Cl. The fourth-order valence-electron chi connectivity index (χ4n) is 4.81. The lowest BCUT2D eigenvalue weighted by molar-refractivity contribution is 0.183. The Bertz CT molecular complexity index is 1160. The first-order chi connectivity index (χ1) is 16.7. The van der Waals surface area contributed by atoms with Gasteiger partial charge in [-0.15, -0.1) is 12.4 Å². The number of piperidine rings is 1. The molecule has 6 heteroatoms. The fourth-order valence-corrected chi connectivity index (χ4v) is 4.81. The first kappa shape index (κ1) is 25.0. The predicted molar refractivity (Wildman–Crippen MR) is 142 cm³/mol. The summed E-state index contributed by atoms with van der Waals surface area (Å²) in [5.41, 5.74) is 4.76. The lowest BCUT2D eigenvalue weighted by atomic mass is 9.87. The van der Waals surface area contributed by atoms with E-state index in [1.807, 2.05) is 36.4 Å². The van der Waals surface area contributed by atoms with Crippen molar-refractivity contribution < 1.29 is 19.3 Å². The third kappa shape index (κ3) is 5.58. The van der Waals surface area contributed by atoms with Crippen LogP contribution in [0.15, 0.2) is 66.7 Å². The van der Waals surface area contributed by atoms with Crippen LogP contribution in [0.5, 0.6) is 23.0 Å². The van der Waals surface area contributed by atoms with Crippen molar-refractivity contribution >= 4 is 23.6 Å². The van der Waals surface area contributed by atoms with Crippen LogP contribution in [-0.2, 0) is 0 Å². The van der Waals surface area contributed by atoms with Crippen LogP contribution >= 0.6 is 12.4 Å². The molecule has 184 valence electrons. The number of phenolic OH excluding ortho intramolecular Hbond substituents is 1. The third-order valence-electron chi connectivity index (χ3n) is 6.60. The highest BCUT2D eigenvalue weighted by Crippen LogP contribution is 2.47. The van der Waals surface area contributed by atoms with Crippen molar-refractivity contribution in [2.45, 2.75) is 19.3 Å². The maximum absolute atomic E-state index is 10.9. The summed E-state index contributed by atoms with van der Waals surface area (Å²) < 4.78 is 17.4. The zero-order valence-corrected chi connectivity index (χ0v) is 20.9. The Labute approximate surface area is 213 Å². The van der Waals surface area contributed by atoms with E-state index in [2.05, 4.69) is 29.2 Å². The molecular formula is C29H32ClNO4. The molecule has 0 bridgehead atoms. The predicted octanol–water partition coefficient (Wildman–Crippen LogP) is 6.04. The van der Waals surface area contributed by atoms with E-state index in [1.54, 1.807) is 13.2 Å². The summed E-state index contributed by atoms with van der Waals surface area (Å²) in [6, 6.07) is 21.8. The number of fused-ring (bicyclic) bond motifs is 1. The van der Waals surface area contributed by atoms with Crippen LogP contribution in [0.3, 0.4) is 0 Å². The second kappa shape index (κ2) is 11.5. The quantitative estimate of drug-likeness (QED) is 0.435. The number of hydrogen-bond donors (Lipinski definition) is 1. The molecule has 35 heavy (non-hydrogen) atoms. The molecular weight excluding hydrogens is 462 g/mol. The summed E-state index contributed by atoms with van der Waals surface area (Å²) in [6.45, 7) is 4.41. The highest BCUT2D eigenvalue weighted by atomic mass is 35.5. The highest BCUT2D eigenvalue weighted by molar-refractivity contribution is 6.03. The van der Waals surface area contributed by atoms with E-state index in [4.69, 9.17) is 14.2 Å². The summed E-state index contributed by atoms with van der Waals surface area (Å²) in [4.78, 5) is 2.48. The van der Waals surface area contributed by atoms with E-state index in [0.717, 1.165) is 34.6 Å². The molecule has 1 N–H and O–H groups in total. The van der Waals surface area contributed by atoms with Crippen molar-refractivity contribution in [2.75, 3.05) is 40.0 Å². The van der Waals surface area contributed by atoms with Gasteiger partial charge in [0.1, 0.15) is 36.2 Å². The second-order valence-corrected chi connectivity index (χ2v) is 8.80. The van der Waals surface area contributed by atoms with E-state index in [9.17, 15) is 5.11 Å². The van der Waals surface area contributed by atoms with Crippen LogP contribution in [0, 0.1) is 0 Å². The molecule has 5 nitrogen and oxygen atoms in total. The van der Waals surface area contributed by atoms with E-state index in [1.165, 1.54) is 32.4 Å². The average molecular weight is 494 g/mol. The molecule has 1 fully saturated rings. The summed E-state index contributed by atoms with van der Waals surface area (Å²) in [7, 11) is 1.58. The van der Waals surface area contributed by atoms with Crippen LogP contribution in [0.1, 0.15) is 36.0 Å². The van der Waals surface area contributed by atoms with Gasteiger partial charge >= 0.3 is 0 Å². The Morgan fingerprint density at radius 2 is 1.63 bits per heavy atom. The lowest BCUT2D eigenvalue weighted by Gasteiger charge is -2.26.